The highest BCUT2D eigenvalue weighted by Gasteiger charge is 2.05. The van der Waals surface area contributed by atoms with E-state index < -0.39 is 5.91 Å². The van der Waals surface area contributed by atoms with Crippen molar-refractivity contribution in [3.05, 3.63) is 66.4 Å². The van der Waals surface area contributed by atoms with Crippen LogP contribution in [0.25, 0.3) is 11.3 Å². The maximum atomic E-state index is 11.1. The lowest BCUT2D eigenvalue weighted by atomic mass is 10.1. The summed E-state index contributed by atoms with van der Waals surface area (Å²) in [4.78, 5) is 21.3. The zero-order valence-corrected chi connectivity index (χ0v) is 16.0. The lowest BCUT2D eigenvalue weighted by Gasteiger charge is -2.08. The van der Waals surface area contributed by atoms with Gasteiger partial charge in [-0.1, -0.05) is 25.5 Å². The molecule has 0 unspecified atom stereocenters. The van der Waals surface area contributed by atoms with Crippen LogP contribution in [0.1, 0.15) is 30.1 Å². The standard InChI is InChI=1S/C21H22N4OS/c1-2-3-14-27-18-10-6-15(7-11-18)19-12-13-23-21(25-19)24-17-8-4-16(5-9-17)20(22)26/h4-13H,2-3,14H2,1H3,(H2,22,26)(H,23,24,25). The van der Waals surface area contributed by atoms with Crippen molar-refractivity contribution in [1.82, 2.24) is 9.97 Å². The molecule has 0 bridgehead atoms. The third-order valence-corrected chi connectivity index (χ3v) is 5.10. The smallest absolute Gasteiger partial charge is 0.248 e. The summed E-state index contributed by atoms with van der Waals surface area (Å²) in [7, 11) is 0. The maximum absolute atomic E-state index is 11.1. The molecule has 0 radical (unpaired) electrons. The van der Waals surface area contributed by atoms with Gasteiger partial charge >= 0.3 is 0 Å². The van der Waals surface area contributed by atoms with Crippen molar-refractivity contribution in [3.63, 3.8) is 0 Å². The Balaban J connectivity index is 1.70. The Kier molecular flexibility index (Phi) is 6.44. The monoisotopic (exact) mass is 378 g/mol. The molecule has 0 aliphatic rings. The number of nitrogens with zero attached hydrogens (tertiary/aromatic N) is 2. The minimum Gasteiger partial charge on any atom is -0.366 e. The lowest BCUT2D eigenvalue weighted by Crippen LogP contribution is -2.10. The van der Waals surface area contributed by atoms with E-state index >= 15 is 0 Å². The Bertz CT molecular complexity index is 895. The van der Waals surface area contributed by atoms with Crippen LogP contribution in [0.3, 0.4) is 0 Å². The highest BCUT2D eigenvalue weighted by Crippen LogP contribution is 2.24. The maximum Gasteiger partial charge on any atom is 0.248 e. The Labute approximate surface area is 163 Å². The van der Waals surface area contributed by atoms with Crippen molar-refractivity contribution in [3.8, 4) is 11.3 Å². The highest BCUT2D eigenvalue weighted by atomic mass is 32.2. The van der Waals surface area contributed by atoms with Crippen LogP contribution in [0.4, 0.5) is 11.6 Å². The first-order chi connectivity index (χ1) is 13.2. The Hall–Kier alpha value is -2.86. The number of rotatable bonds is 8. The predicted molar refractivity (Wildman–Crippen MR) is 111 cm³/mol. The Morgan fingerprint density at radius 1 is 1.07 bits per heavy atom. The molecule has 3 aromatic rings. The second-order valence-electron chi connectivity index (χ2n) is 6.06. The molecule has 0 saturated heterocycles. The quantitative estimate of drug-likeness (QED) is 0.431. The van der Waals surface area contributed by atoms with Crippen LogP contribution in [0.2, 0.25) is 0 Å². The largest absolute Gasteiger partial charge is 0.366 e. The van der Waals surface area contributed by atoms with Crippen LogP contribution in [0, 0.1) is 0 Å². The number of hydrogen-bond donors (Lipinski definition) is 2. The van der Waals surface area contributed by atoms with Crippen molar-refractivity contribution in [2.75, 3.05) is 11.1 Å². The molecule has 0 fully saturated rings. The molecule has 0 saturated carbocycles. The number of thioether (sulfide) groups is 1. The van der Waals surface area contributed by atoms with Gasteiger partial charge in [-0.25, -0.2) is 9.97 Å². The fourth-order valence-corrected chi connectivity index (χ4v) is 3.48. The third kappa shape index (κ3) is 5.31. The van der Waals surface area contributed by atoms with Gasteiger partial charge < -0.3 is 11.1 Å². The molecular formula is C21H22N4OS. The molecule has 3 rings (SSSR count). The van der Waals surface area contributed by atoms with E-state index in [1.54, 1.807) is 30.5 Å². The zero-order valence-electron chi connectivity index (χ0n) is 15.2. The molecule has 3 N–H and O–H groups in total. The van der Waals surface area contributed by atoms with Crippen molar-refractivity contribution in [1.29, 1.82) is 0 Å². The average Bonchev–Trinajstić information content (AvgIpc) is 2.69. The SMILES string of the molecule is CCCCSc1ccc(-c2ccnc(Nc3ccc(C(N)=O)cc3)n2)cc1. The van der Waals surface area contributed by atoms with Gasteiger partial charge in [0.2, 0.25) is 11.9 Å². The molecule has 1 aromatic heterocycles. The summed E-state index contributed by atoms with van der Waals surface area (Å²) < 4.78 is 0. The number of carbonyl (C=O) groups is 1. The molecule has 27 heavy (non-hydrogen) atoms. The fourth-order valence-electron chi connectivity index (χ4n) is 2.48. The summed E-state index contributed by atoms with van der Waals surface area (Å²) in [6.45, 7) is 2.20. The van der Waals surface area contributed by atoms with E-state index in [4.69, 9.17) is 5.73 Å². The minimum absolute atomic E-state index is 0.448. The predicted octanol–water partition coefficient (Wildman–Crippen LogP) is 4.88. The molecule has 0 aliphatic carbocycles. The molecule has 138 valence electrons. The van der Waals surface area contributed by atoms with Gasteiger partial charge in [0.15, 0.2) is 0 Å². The second-order valence-corrected chi connectivity index (χ2v) is 7.23. The molecule has 0 aliphatic heterocycles. The van der Waals surface area contributed by atoms with Gasteiger partial charge in [0, 0.05) is 27.9 Å². The first-order valence-corrected chi connectivity index (χ1v) is 9.87. The summed E-state index contributed by atoms with van der Waals surface area (Å²) in [5, 5.41) is 3.15. The van der Waals surface area contributed by atoms with Gasteiger partial charge in [-0.2, -0.15) is 0 Å². The van der Waals surface area contributed by atoms with Crippen LogP contribution in [0.15, 0.2) is 65.7 Å². The van der Waals surface area contributed by atoms with E-state index in [0.717, 1.165) is 22.7 Å². The fraction of sp³-hybridized carbons (Fsp3) is 0.190. The van der Waals surface area contributed by atoms with E-state index in [1.807, 2.05) is 17.8 Å². The molecule has 1 heterocycles. The highest BCUT2D eigenvalue weighted by molar-refractivity contribution is 7.99. The summed E-state index contributed by atoms with van der Waals surface area (Å²) in [6, 6.07) is 17.2. The molecule has 0 spiro atoms. The van der Waals surface area contributed by atoms with Gasteiger partial charge in [0.1, 0.15) is 0 Å². The number of carbonyl (C=O) groups excluding carboxylic acids is 1. The average molecular weight is 379 g/mol. The van der Waals surface area contributed by atoms with Gasteiger partial charge in [-0.3, -0.25) is 4.79 Å². The van der Waals surface area contributed by atoms with Gasteiger partial charge in [-0.15, -0.1) is 11.8 Å². The number of benzene rings is 2. The number of primary amides is 1. The topological polar surface area (TPSA) is 80.9 Å². The number of nitrogens with two attached hydrogens (primary N) is 1. The second kappa shape index (κ2) is 9.19. The number of hydrogen-bond acceptors (Lipinski definition) is 5. The Morgan fingerprint density at radius 3 is 2.48 bits per heavy atom. The van der Waals surface area contributed by atoms with Crippen molar-refractivity contribution in [2.45, 2.75) is 24.7 Å². The van der Waals surface area contributed by atoms with Gasteiger partial charge in [0.05, 0.1) is 5.69 Å². The summed E-state index contributed by atoms with van der Waals surface area (Å²) in [5.74, 6) is 1.20. The van der Waals surface area contributed by atoms with E-state index in [-0.39, 0.29) is 0 Å². The van der Waals surface area contributed by atoms with Crippen LogP contribution in [-0.2, 0) is 0 Å². The van der Waals surface area contributed by atoms with E-state index in [9.17, 15) is 4.79 Å². The van der Waals surface area contributed by atoms with Crippen molar-refractivity contribution >= 4 is 29.3 Å². The molecular weight excluding hydrogens is 356 g/mol. The van der Waals surface area contributed by atoms with E-state index in [2.05, 4.69) is 46.5 Å². The number of aromatic nitrogens is 2. The van der Waals surface area contributed by atoms with Gasteiger partial charge in [-0.05, 0) is 54.6 Å². The molecule has 5 nitrogen and oxygen atoms in total. The molecule has 6 heteroatoms. The first kappa shape index (κ1) is 18.9. The van der Waals surface area contributed by atoms with Crippen LogP contribution < -0.4 is 11.1 Å². The molecule has 2 aromatic carbocycles. The Morgan fingerprint density at radius 2 is 1.81 bits per heavy atom. The minimum atomic E-state index is -0.448. The summed E-state index contributed by atoms with van der Waals surface area (Å²) in [5.41, 5.74) is 8.41. The van der Waals surface area contributed by atoms with Crippen LogP contribution in [0.5, 0.6) is 0 Å². The van der Waals surface area contributed by atoms with Crippen molar-refractivity contribution in [2.24, 2.45) is 5.73 Å². The number of nitrogens with one attached hydrogen (secondary N) is 1. The van der Waals surface area contributed by atoms with E-state index in [1.165, 1.54) is 17.7 Å². The van der Waals surface area contributed by atoms with Gasteiger partial charge in [0.25, 0.3) is 0 Å². The van der Waals surface area contributed by atoms with Crippen LogP contribution >= 0.6 is 11.8 Å². The lowest BCUT2D eigenvalue weighted by molar-refractivity contribution is 0.100. The number of amides is 1. The molecule has 1 amide bonds. The first-order valence-electron chi connectivity index (χ1n) is 8.89. The van der Waals surface area contributed by atoms with Crippen LogP contribution in [-0.4, -0.2) is 21.6 Å². The zero-order chi connectivity index (χ0) is 19.1. The van der Waals surface area contributed by atoms with Crippen molar-refractivity contribution < 1.29 is 4.79 Å². The number of anilines is 2. The molecule has 0 atom stereocenters. The van der Waals surface area contributed by atoms with E-state index in [0.29, 0.717) is 11.5 Å². The summed E-state index contributed by atoms with van der Waals surface area (Å²) >= 11 is 1.88. The number of unbranched alkanes of at least 4 members (excludes halogenated alkanes) is 1. The summed E-state index contributed by atoms with van der Waals surface area (Å²) in [6.07, 6.45) is 4.17. The third-order valence-electron chi connectivity index (χ3n) is 4.00. The normalized spacial score (nSPS) is 10.6.